The molecule has 0 bridgehead atoms. The van der Waals surface area contributed by atoms with Gasteiger partial charge in [-0.05, 0) is 32.4 Å². The summed E-state index contributed by atoms with van der Waals surface area (Å²) in [7, 11) is 0. The number of urea groups is 1. The molecule has 1 fully saturated rings. The summed E-state index contributed by atoms with van der Waals surface area (Å²) in [6, 6.07) is 6.73. The van der Waals surface area contributed by atoms with Gasteiger partial charge in [0.15, 0.2) is 6.61 Å². The van der Waals surface area contributed by atoms with Crippen LogP contribution in [0.15, 0.2) is 24.3 Å². The van der Waals surface area contributed by atoms with E-state index < -0.39 is 30.4 Å². The Bertz CT molecular complexity index is 717. The summed E-state index contributed by atoms with van der Waals surface area (Å²) in [6.45, 7) is 5.29. The highest BCUT2D eigenvalue weighted by molar-refractivity contribution is 6.00. The van der Waals surface area contributed by atoms with Gasteiger partial charge in [-0.25, -0.2) is 4.79 Å². The van der Waals surface area contributed by atoms with Gasteiger partial charge >= 0.3 is 12.0 Å². The van der Waals surface area contributed by atoms with E-state index in [0.29, 0.717) is 0 Å². The predicted molar refractivity (Wildman–Crippen MR) is 99.0 cm³/mol. The minimum atomic E-state index is -0.719. The third-order valence-electron chi connectivity index (χ3n) is 4.39. The Labute approximate surface area is 158 Å². The number of esters is 1. The molecule has 8 heteroatoms. The van der Waals surface area contributed by atoms with E-state index in [9.17, 15) is 19.2 Å². The van der Waals surface area contributed by atoms with Gasteiger partial charge in [-0.15, -0.1) is 0 Å². The number of nitrogens with zero attached hydrogens (tertiary/aromatic N) is 1. The molecule has 27 heavy (non-hydrogen) atoms. The molecule has 1 heterocycles. The van der Waals surface area contributed by atoms with Gasteiger partial charge in [-0.3, -0.25) is 19.7 Å². The highest BCUT2D eigenvalue weighted by Crippen LogP contribution is 2.26. The van der Waals surface area contributed by atoms with Crippen molar-refractivity contribution >= 4 is 29.5 Å². The lowest BCUT2D eigenvalue weighted by Crippen LogP contribution is -2.44. The molecule has 1 aromatic rings. The number of imide groups is 1. The summed E-state index contributed by atoms with van der Waals surface area (Å²) < 4.78 is 4.96. The molecule has 0 aliphatic carbocycles. The first-order valence-electron chi connectivity index (χ1n) is 8.94. The van der Waals surface area contributed by atoms with Crippen LogP contribution < -0.4 is 15.5 Å². The SMILES string of the molecule is CC[C@H](C)NC(=O)NC(=O)COC(=O)[C@@H]1CC(=O)N(c2ccc(C)cc2)C1. The molecule has 0 radical (unpaired) electrons. The van der Waals surface area contributed by atoms with E-state index >= 15 is 0 Å². The molecule has 4 amide bonds. The number of carbonyl (C=O) groups excluding carboxylic acids is 4. The molecular formula is C19H25N3O5. The summed E-state index contributed by atoms with van der Waals surface area (Å²) >= 11 is 0. The predicted octanol–water partition coefficient (Wildman–Crippen LogP) is 1.52. The third-order valence-corrected chi connectivity index (χ3v) is 4.39. The van der Waals surface area contributed by atoms with Crippen molar-refractivity contribution in [1.82, 2.24) is 10.6 Å². The average Bonchev–Trinajstić information content (AvgIpc) is 3.02. The number of hydrogen-bond acceptors (Lipinski definition) is 5. The monoisotopic (exact) mass is 375 g/mol. The number of anilines is 1. The maximum absolute atomic E-state index is 12.2. The second-order valence-electron chi connectivity index (χ2n) is 6.68. The zero-order valence-corrected chi connectivity index (χ0v) is 15.8. The van der Waals surface area contributed by atoms with Crippen molar-refractivity contribution in [2.75, 3.05) is 18.1 Å². The van der Waals surface area contributed by atoms with Crippen molar-refractivity contribution in [3.63, 3.8) is 0 Å². The van der Waals surface area contributed by atoms with Crippen molar-refractivity contribution in [3.8, 4) is 0 Å². The molecule has 1 aliphatic heterocycles. The third kappa shape index (κ3) is 5.80. The fourth-order valence-corrected chi connectivity index (χ4v) is 2.62. The summed E-state index contributed by atoms with van der Waals surface area (Å²) in [5, 5.41) is 4.67. The first-order valence-corrected chi connectivity index (χ1v) is 8.94. The largest absolute Gasteiger partial charge is 0.455 e. The Kier molecular flexibility index (Phi) is 6.92. The smallest absolute Gasteiger partial charge is 0.321 e. The molecule has 0 saturated carbocycles. The summed E-state index contributed by atoms with van der Waals surface area (Å²) in [6.07, 6.45) is 0.757. The van der Waals surface area contributed by atoms with E-state index in [2.05, 4.69) is 10.6 Å². The zero-order chi connectivity index (χ0) is 20.0. The van der Waals surface area contributed by atoms with Gasteiger partial charge in [0, 0.05) is 24.7 Å². The number of nitrogens with one attached hydrogen (secondary N) is 2. The normalized spacial score (nSPS) is 17.4. The van der Waals surface area contributed by atoms with Crippen LogP contribution in [-0.2, 0) is 19.1 Å². The van der Waals surface area contributed by atoms with E-state index in [-0.39, 0.29) is 24.9 Å². The van der Waals surface area contributed by atoms with Crippen molar-refractivity contribution < 1.29 is 23.9 Å². The second kappa shape index (κ2) is 9.16. The van der Waals surface area contributed by atoms with Gasteiger partial charge in [0.25, 0.3) is 5.91 Å². The number of aryl methyl sites for hydroxylation is 1. The van der Waals surface area contributed by atoms with E-state index in [4.69, 9.17) is 4.74 Å². The number of rotatable bonds is 6. The van der Waals surface area contributed by atoms with Crippen LogP contribution in [0.2, 0.25) is 0 Å². The number of benzene rings is 1. The zero-order valence-electron chi connectivity index (χ0n) is 15.8. The average molecular weight is 375 g/mol. The van der Waals surface area contributed by atoms with Crippen LogP contribution in [0.25, 0.3) is 0 Å². The van der Waals surface area contributed by atoms with Crippen LogP contribution in [0.1, 0.15) is 32.3 Å². The van der Waals surface area contributed by atoms with Gasteiger partial charge in [-0.2, -0.15) is 0 Å². The molecule has 2 atom stereocenters. The molecule has 1 saturated heterocycles. The van der Waals surface area contributed by atoms with Crippen LogP contribution in [0.5, 0.6) is 0 Å². The van der Waals surface area contributed by atoms with Crippen LogP contribution in [0.3, 0.4) is 0 Å². The molecule has 146 valence electrons. The van der Waals surface area contributed by atoms with E-state index in [1.165, 1.54) is 4.90 Å². The molecule has 1 aliphatic rings. The number of amides is 4. The van der Waals surface area contributed by atoms with Crippen LogP contribution in [0, 0.1) is 12.8 Å². The van der Waals surface area contributed by atoms with Gasteiger partial charge < -0.3 is 15.0 Å². The lowest BCUT2D eigenvalue weighted by atomic mass is 10.1. The Morgan fingerprint density at radius 1 is 1.26 bits per heavy atom. The fourth-order valence-electron chi connectivity index (χ4n) is 2.62. The molecule has 2 rings (SSSR count). The standard InChI is InChI=1S/C19H25N3O5/c1-4-13(3)20-19(26)21-16(23)11-27-18(25)14-9-17(24)22(10-14)15-7-5-12(2)6-8-15/h5-8,13-14H,4,9-11H2,1-3H3,(H2,20,21,23,26)/t13-,14+/m0/s1. The van der Waals surface area contributed by atoms with Crippen molar-refractivity contribution in [3.05, 3.63) is 29.8 Å². The Hall–Kier alpha value is -2.90. The Morgan fingerprint density at radius 3 is 2.56 bits per heavy atom. The van der Waals surface area contributed by atoms with E-state index in [0.717, 1.165) is 17.7 Å². The summed E-state index contributed by atoms with van der Waals surface area (Å²) in [4.78, 5) is 49.1. The minimum Gasteiger partial charge on any atom is -0.455 e. The Morgan fingerprint density at radius 2 is 1.93 bits per heavy atom. The Balaban J connectivity index is 1.81. The molecule has 0 unspecified atom stereocenters. The fraction of sp³-hybridized carbons (Fsp3) is 0.474. The number of hydrogen-bond donors (Lipinski definition) is 2. The first kappa shape index (κ1) is 20.4. The van der Waals surface area contributed by atoms with Gasteiger partial charge in [0.1, 0.15) is 0 Å². The van der Waals surface area contributed by atoms with Crippen LogP contribution in [-0.4, -0.2) is 43.0 Å². The second-order valence-corrected chi connectivity index (χ2v) is 6.68. The first-order chi connectivity index (χ1) is 12.8. The minimum absolute atomic E-state index is 0.0306. The molecule has 1 aromatic carbocycles. The van der Waals surface area contributed by atoms with Crippen molar-refractivity contribution in [2.24, 2.45) is 5.92 Å². The maximum Gasteiger partial charge on any atom is 0.321 e. The highest BCUT2D eigenvalue weighted by atomic mass is 16.5. The van der Waals surface area contributed by atoms with Gasteiger partial charge in [-0.1, -0.05) is 24.6 Å². The molecular weight excluding hydrogens is 350 g/mol. The van der Waals surface area contributed by atoms with E-state index in [1.807, 2.05) is 38.1 Å². The molecule has 2 N–H and O–H groups in total. The molecule has 0 aromatic heterocycles. The van der Waals surface area contributed by atoms with Crippen molar-refractivity contribution in [2.45, 2.75) is 39.7 Å². The highest BCUT2D eigenvalue weighted by Gasteiger charge is 2.36. The summed E-state index contributed by atoms with van der Waals surface area (Å²) in [5.41, 5.74) is 1.80. The number of carbonyl (C=O) groups is 4. The maximum atomic E-state index is 12.2. The number of ether oxygens (including phenoxy) is 1. The van der Waals surface area contributed by atoms with Gasteiger partial charge in [0.2, 0.25) is 5.91 Å². The van der Waals surface area contributed by atoms with Crippen LogP contribution in [0.4, 0.5) is 10.5 Å². The van der Waals surface area contributed by atoms with E-state index in [1.54, 1.807) is 6.92 Å². The quantitative estimate of drug-likeness (QED) is 0.734. The lowest BCUT2D eigenvalue weighted by molar-refractivity contribution is -0.152. The molecule has 0 spiro atoms. The van der Waals surface area contributed by atoms with Crippen LogP contribution >= 0.6 is 0 Å². The van der Waals surface area contributed by atoms with Crippen molar-refractivity contribution in [1.29, 1.82) is 0 Å². The summed E-state index contributed by atoms with van der Waals surface area (Å²) in [5.74, 6) is -2.15. The topological polar surface area (TPSA) is 105 Å². The lowest BCUT2D eigenvalue weighted by Gasteiger charge is -2.16. The molecule has 8 nitrogen and oxygen atoms in total. The van der Waals surface area contributed by atoms with Gasteiger partial charge in [0.05, 0.1) is 5.92 Å².